The van der Waals surface area contributed by atoms with E-state index in [1.54, 1.807) is 0 Å². The van der Waals surface area contributed by atoms with Gasteiger partial charge in [0.2, 0.25) is 0 Å². The molecule has 0 bridgehead atoms. The predicted molar refractivity (Wildman–Crippen MR) is 62.7 cm³/mol. The fourth-order valence-electron chi connectivity index (χ4n) is 0. The van der Waals surface area contributed by atoms with E-state index < -0.39 is 23.9 Å². The molecule has 0 fully saturated rings. The van der Waals surface area contributed by atoms with Crippen LogP contribution in [0.5, 0.6) is 0 Å². The first kappa shape index (κ1) is 77.0. The van der Waals surface area contributed by atoms with Crippen molar-refractivity contribution in [3.05, 3.63) is 0 Å². The Labute approximate surface area is 183 Å². The van der Waals surface area contributed by atoms with E-state index in [0.29, 0.717) is 0 Å². The van der Waals surface area contributed by atoms with E-state index in [1.807, 2.05) is 0 Å². The van der Waals surface area contributed by atoms with Gasteiger partial charge in [0, 0.05) is 23.9 Å². The van der Waals surface area contributed by atoms with Crippen molar-refractivity contribution in [1.29, 1.82) is 0 Å². The van der Waals surface area contributed by atoms with Crippen molar-refractivity contribution >= 4 is 95.6 Å². The van der Waals surface area contributed by atoms with Crippen LogP contribution < -0.4 is 20.4 Å². The molecule has 0 aromatic rings. The van der Waals surface area contributed by atoms with Crippen molar-refractivity contribution in [3.8, 4) is 0 Å². The van der Waals surface area contributed by atoms with Gasteiger partial charge in [-0.25, -0.2) is 0 Å². The predicted octanol–water partition coefficient (Wildman–Crippen LogP) is -6.59. The minimum Gasteiger partial charge on any atom is -2.00 e. The van der Waals surface area contributed by atoms with Crippen molar-refractivity contribution in [2.45, 2.75) is 27.7 Å². The third-order valence-corrected chi connectivity index (χ3v) is 0. The summed E-state index contributed by atoms with van der Waals surface area (Å²) in [6.45, 7) is 3.89. The second-order valence-corrected chi connectivity index (χ2v) is 1.97. The summed E-state index contributed by atoms with van der Waals surface area (Å²) in [4.78, 5) is 35.6. The Morgan fingerprint density at radius 1 is 0.435 bits per heavy atom. The molecule has 15 heteroatoms. The first-order valence-electron chi connectivity index (χ1n) is 3.63. The molecule has 0 aromatic heterocycles. The van der Waals surface area contributed by atoms with Crippen LogP contribution >= 0.6 is 0 Å². The van der Waals surface area contributed by atoms with Gasteiger partial charge in [-0.2, -0.15) is 0 Å². The molecule has 0 aliphatic rings. The second kappa shape index (κ2) is 67.2. The van der Waals surface area contributed by atoms with Crippen LogP contribution in [0.15, 0.2) is 0 Å². The maximum atomic E-state index is 8.89. The number of carbonyl (C=O) groups excluding carboxylic acids is 4. The number of rotatable bonds is 0. The SMILES string of the molecule is CC(=O)[O-].CC(=O)[O-].CC(=O)[O-].CC(=O)[O-].[O-2].[O-2].[O-2].[O-2].[Sn+4].[Sn+4].[Sn+4]. The summed E-state index contributed by atoms with van der Waals surface area (Å²) in [7, 11) is 0. The Bertz CT molecular complexity index is 172. The van der Waals surface area contributed by atoms with E-state index in [9.17, 15) is 0 Å². The Kier molecular flexibility index (Phi) is 225. The summed E-state index contributed by atoms with van der Waals surface area (Å²) in [5.74, 6) is -4.33. The van der Waals surface area contributed by atoms with Gasteiger partial charge in [0.25, 0.3) is 0 Å². The van der Waals surface area contributed by atoms with E-state index in [1.165, 1.54) is 0 Å². The second-order valence-electron chi connectivity index (χ2n) is 1.97. The summed E-state index contributed by atoms with van der Waals surface area (Å²) in [5, 5.41) is 35.6. The van der Waals surface area contributed by atoms with Crippen LogP contribution in [-0.2, 0) is 41.1 Å². The molecule has 0 aliphatic heterocycles. The number of hydrogen-bond acceptors (Lipinski definition) is 8. The van der Waals surface area contributed by atoms with E-state index in [4.69, 9.17) is 39.6 Å². The molecule has 0 heterocycles. The molecule has 0 N–H and O–H groups in total. The van der Waals surface area contributed by atoms with E-state index in [-0.39, 0.29) is 93.6 Å². The molecule has 0 radical (unpaired) electrons. The van der Waals surface area contributed by atoms with Gasteiger partial charge in [-0.15, -0.1) is 0 Å². The van der Waals surface area contributed by atoms with Crippen LogP contribution in [-0.4, -0.2) is 95.6 Å². The minimum atomic E-state index is -1.08. The Morgan fingerprint density at radius 3 is 0.435 bits per heavy atom. The average Bonchev–Trinajstić information content (AvgIpc) is 1.76. The van der Waals surface area contributed by atoms with Crippen LogP contribution in [0.1, 0.15) is 27.7 Å². The maximum Gasteiger partial charge on any atom is 4.00 e. The van der Waals surface area contributed by atoms with Crippen molar-refractivity contribution < 1.29 is 61.5 Å². The summed E-state index contributed by atoms with van der Waals surface area (Å²) in [5.41, 5.74) is 0. The summed E-state index contributed by atoms with van der Waals surface area (Å²) >= 11 is 0. The molecule has 0 spiro atoms. The molecular weight excluding hydrogens is 644 g/mol. The number of hydrogen-bond donors (Lipinski definition) is 0. The summed E-state index contributed by atoms with van der Waals surface area (Å²) in [6, 6.07) is 0. The van der Waals surface area contributed by atoms with Gasteiger partial charge >= 0.3 is 71.7 Å². The summed E-state index contributed by atoms with van der Waals surface area (Å²) in [6.07, 6.45) is 0. The normalized spacial score (nSPS) is 4.35. The van der Waals surface area contributed by atoms with Crippen LogP contribution in [0.2, 0.25) is 0 Å². The Morgan fingerprint density at radius 2 is 0.435 bits per heavy atom. The maximum absolute atomic E-state index is 8.89. The van der Waals surface area contributed by atoms with Crippen LogP contribution in [0, 0.1) is 0 Å². The average molecular weight is 656 g/mol. The zero-order valence-electron chi connectivity index (χ0n) is 12.4. The van der Waals surface area contributed by atoms with Gasteiger partial charge in [0.15, 0.2) is 0 Å². The molecular formula is C8H12O12Sn3. The number of carboxylic acids is 4. The molecule has 0 saturated carbocycles. The quantitative estimate of drug-likeness (QED) is 0.226. The monoisotopic (exact) mass is 660 g/mol. The van der Waals surface area contributed by atoms with E-state index >= 15 is 0 Å². The molecule has 128 valence electrons. The first-order valence-corrected chi connectivity index (χ1v) is 3.63. The van der Waals surface area contributed by atoms with Crippen molar-refractivity contribution in [1.82, 2.24) is 0 Å². The zero-order valence-corrected chi connectivity index (χ0v) is 21.0. The van der Waals surface area contributed by atoms with Gasteiger partial charge in [-0.1, -0.05) is 0 Å². The van der Waals surface area contributed by atoms with Crippen LogP contribution in [0.4, 0.5) is 0 Å². The van der Waals surface area contributed by atoms with Crippen LogP contribution in [0.3, 0.4) is 0 Å². The topological polar surface area (TPSA) is 275 Å². The number of carboxylic acid groups (broad SMARTS) is 4. The molecule has 0 unspecified atom stereocenters. The van der Waals surface area contributed by atoms with E-state index in [2.05, 4.69) is 0 Å². The zero-order chi connectivity index (χ0) is 14.3. The van der Waals surface area contributed by atoms with Gasteiger partial charge < -0.3 is 61.5 Å². The van der Waals surface area contributed by atoms with Gasteiger partial charge in [-0.05, 0) is 27.7 Å². The van der Waals surface area contributed by atoms with Gasteiger partial charge in [-0.3, -0.25) is 0 Å². The fraction of sp³-hybridized carbons (Fsp3) is 0.500. The largest absolute Gasteiger partial charge is 4.00 e. The van der Waals surface area contributed by atoms with Gasteiger partial charge in [0.05, 0.1) is 0 Å². The Hall–Kier alpha value is 0.116. The number of carbonyl (C=O) groups is 4. The number of aliphatic carboxylic acids is 4. The Balaban J connectivity index is -0.00000000842. The molecule has 0 rings (SSSR count). The molecule has 0 aliphatic carbocycles. The molecule has 23 heavy (non-hydrogen) atoms. The molecule has 0 aromatic carbocycles. The van der Waals surface area contributed by atoms with Crippen molar-refractivity contribution in [3.63, 3.8) is 0 Å². The summed E-state index contributed by atoms with van der Waals surface area (Å²) < 4.78 is 0. The third-order valence-electron chi connectivity index (χ3n) is 0. The molecule has 0 amide bonds. The van der Waals surface area contributed by atoms with E-state index in [0.717, 1.165) is 27.7 Å². The third kappa shape index (κ3) is 664000. The van der Waals surface area contributed by atoms with Crippen molar-refractivity contribution in [2.75, 3.05) is 0 Å². The standard InChI is InChI=1S/4C2H4O2.4O.3Sn/c4*1-2(3)4;;;;;;;/h4*1H3,(H,3,4);;;;;;;/q;;;;4*-2;3*+4/p-4. The molecule has 0 atom stereocenters. The van der Waals surface area contributed by atoms with Gasteiger partial charge in [0.1, 0.15) is 0 Å². The van der Waals surface area contributed by atoms with Crippen molar-refractivity contribution in [2.24, 2.45) is 0 Å². The first-order chi connectivity index (χ1) is 6.93. The van der Waals surface area contributed by atoms with Crippen LogP contribution in [0.25, 0.3) is 0 Å². The fourth-order valence-corrected chi connectivity index (χ4v) is 0. The molecule has 0 saturated heterocycles. The molecule has 12 nitrogen and oxygen atoms in total. The smallest absolute Gasteiger partial charge is 2.00 e. The minimum absolute atomic E-state index is 0.